The molecule has 1 saturated carbocycles. The van der Waals surface area contributed by atoms with Crippen LogP contribution in [0.4, 0.5) is 11.6 Å². The van der Waals surface area contributed by atoms with Gasteiger partial charge in [0.1, 0.15) is 0 Å². The Labute approximate surface area is 107 Å². The minimum Gasteiger partial charge on any atom is -0.361 e. The lowest BCUT2D eigenvalue weighted by atomic mass is 9.93. The van der Waals surface area contributed by atoms with E-state index in [1.807, 2.05) is 0 Å². The molecule has 0 amide bonds. The summed E-state index contributed by atoms with van der Waals surface area (Å²) in [7, 11) is 1.78. The fourth-order valence-corrected chi connectivity index (χ4v) is 2.92. The zero-order valence-corrected chi connectivity index (χ0v) is 11.1. The lowest BCUT2D eigenvalue weighted by Crippen LogP contribution is -2.26. The largest absolute Gasteiger partial charge is 0.406 e. The van der Waals surface area contributed by atoms with Crippen LogP contribution in [0, 0.1) is 22.0 Å². The Morgan fingerprint density at radius 1 is 1.61 bits per heavy atom. The van der Waals surface area contributed by atoms with Gasteiger partial charge in [-0.2, -0.15) is 0 Å². The van der Waals surface area contributed by atoms with Gasteiger partial charge in [0.2, 0.25) is 12.1 Å². The van der Waals surface area contributed by atoms with Crippen LogP contribution in [-0.2, 0) is 7.05 Å². The van der Waals surface area contributed by atoms with Gasteiger partial charge in [-0.15, -0.1) is 0 Å². The molecule has 0 aromatic carbocycles. The Hall–Kier alpha value is -1.59. The molecule has 1 aromatic heterocycles. The van der Waals surface area contributed by atoms with Crippen molar-refractivity contribution in [3.05, 3.63) is 16.4 Å². The number of imidazole rings is 1. The summed E-state index contributed by atoms with van der Waals surface area (Å²) in [5, 5.41) is 14.2. The average Bonchev–Trinajstić information content (AvgIpc) is 2.85. The minimum atomic E-state index is -0.431. The van der Waals surface area contributed by atoms with Crippen molar-refractivity contribution in [2.45, 2.75) is 39.2 Å². The van der Waals surface area contributed by atoms with Crippen LogP contribution in [-0.4, -0.2) is 20.5 Å². The fraction of sp³-hybridized carbons (Fsp3) is 0.750. The number of nitro groups is 1. The van der Waals surface area contributed by atoms with Crippen molar-refractivity contribution < 1.29 is 4.92 Å². The van der Waals surface area contributed by atoms with Crippen molar-refractivity contribution in [3.63, 3.8) is 0 Å². The predicted octanol–water partition coefficient (Wildman–Crippen LogP) is 2.56. The van der Waals surface area contributed by atoms with Gasteiger partial charge in [0, 0.05) is 13.1 Å². The maximum atomic E-state index is 10.9. The first-order chi connectivity index (χ1) is 8.54. The first kappa shape index (κ1) is 12.9. The number of anilines is 1. The number of aromatic nitrogens is 2. The van der Waals surface area contributed by atoms with Crippen molar-refractivity contribution in [1.29, 1.82) is 0 Å². The molecular weight excluding hydrogens is 232 g/mol. The molecule has 1 heterocycles. The van der Waals surface area contributed by atoms with Gasteiger partial charge in [0.05, 0.1) is 0 Å². The number of aryl methyl sites for hydroxylation is 1. The summed E-state index contributed by atoms with van der Waals surface area (Å²) in [6, 6.07) is 0.309. The molecule has 3 unspecified atom stereocenters. The summed E-state index contributed by atoms with van der Waals surface area (Å²) in [5.74, 6) is 1.71. The van der Waals surface area contributed by atoms with E-state index in [1.165, 1.54) is 19.2 Å². The molecule has 6 heteroatoms. The predicted molar refractivity (Wildman–Crippen MR) is 69.5 cm³/mol. The Morgan fingerprint density at radius 2 is 2.33 bits per heavy atom. The SMILES string of the molecule is CCC1CCC(Nc2c([N+](=O)[O-])ncn2C)C1C. The molecular formula is C12H20N4O2. The van der Waals surface area contributed by atoms with Gasteiger partial charge >= 0.3 is 5.82 Å². The molecule has 100 valence electrons. The molecule has 0 radical (unpaired) electrons. The van der Waals surface area contributed by atoms with Crippen LogP contribution < -0.4 is 5.32 Å². The molecule has 0 spiro atoms. The van der Waals surface area contributed by atoms with E-state index in [1.54, 1.807) is 11.6 Å². The molecule has 0 bridgehead atoms. The highest BCUT2D eigenvalue weighted by Crippen LogP contribution is 2.36. The second kappa shape index (κ2) is 4.96. The number of hydrogen-bond acceptors (Lipinski definition) is 4. The van der Waals surface area contributed by atoms with Gasteiger partial charge in [-0.05, 0) is 34.6 Å². The van der Waals surface area contributed by atoms with Crippen LogP contribution in [0.3, 0.4) is 0 Å². The van der Waals surface area contributed by atoms with E-state index in [2.05, 4.69) is 24.1 Å². The van der Waals surface area contributed by atoms with Crippen molar-refractivity contribution >= 4 is 11.6 Å². The van der Waals surface area contributed by atoms with E-state index in [0.717, 1.165) is 12.3 Å². The molecule has 0 aliphatic heterocycles. The molecule has 3 atom stereocenters. The van der Waals surface area contributed by atoms with Gasteiger partial charge in [-0.1, -0.05) is 20.3 Å². The summed E-state index contributed by atoms with van der Waals surface area (Å²) < 4.78 is 1.68. The van der Waals surface area contributed by atoms with Crippen LogP contribution in [0.1, 0.15) is 33.1 Å². The number of nitrogens with one attached hydrogen (secondary N) is 1. The highest BCUT2D eigenvalue weighted by Gasteiger charge is 2.33. The zero-order valence-electron chi connectivity index (χ0n) is 11.1. The molecule has 1 aliphatic carbocycles. The number of rotatable bonds is 4. The summed E-state index contributed by atoms with van der Waals surface area (Å²) in [5.41, 5.74) is 0. The highest BCUT2D eigenvalue weighted by molar-refractivity contribution is 5.52. The van der Waals surface area contributed by atoms with E-state index >= 15 is 0 Å². The maximum absolute atomic E-state index is 10.9. The van der Waals surface area contributed by atoms with Crippen LogP contribution >= 0.6 is 0 Å². The third-order valence-electron chi connectivity index (χ3n) is 4.16. The van der Waals surface area contributed by atoms with Gasteiger partial charge in [-0.3, -0.25) is 4.57 Å². The van der Waals surface area contributed by atoms with Crippen molar-refractivity contribution in [3.8, 4) is 0 Å². The minimum absolute atomic E-state index is 0.0790. The smallest absolute Gasteiger partial charge is 0.361 e. The Kier molecular flexibility index (Phi) is 3.54. The average molecular weight is 252 g/mol. The Balaban J connectivity index is 2.15. The molecule has 1 fully saturated rings. The summed E-state index contributed by atoms with van der Waals surface area (Å²) in [6.07, 6.45) is 4.92. The monoisotopic (exact) mass is 252 g/mol. The van der Waals surface area contributed by atoms with E-state index in [9.17, 15) is 10.1 Å². The second-order valence-corrected chi connectivity index (χ2v) is 5.14. The maximum Gasteiger partial charge on any atom is 0.406 e. The van der Waals surface area contributed by atoms with Crippen molar-refractivity contribution in [2.75, 3.05) is 5.32 Å². The Bertz CT molecular complexity index is 443. The zero-order chi connectivity index (χ0) is 13.3. The van der Waals surface area contributed by atoms with Crippen molar-refractivity contribution in [2.24, 2.45) is 18.9 Å². The summed E-state index contributed by atoms with van der Waals surface area (Å²) >= 11 is 0. The van der Waals surface area contributed by atoms with Gasteiger partial charge < -0.3 is 15.4 Å². The lowest BCUT2D eigenvalue weighted by Gasteiger charge is -2.21. The fourth-order valence-electron chi connectivity index (χ4n) is 2.92. The standard InChI is InChI=1S/C12H20N4O2/c1-4-9-5-6-10(8(9)2)14-12-11(16(17)18)13-7-15(12)3/h7-10,14H,4-6H2,1-3H3. The van der Waals surface area contributed by atoms with Crippen LogP contribution in [0.25, 0.3) is 0 Å². The first-order valence-corrected chi connectivity index (χ1v) is 6.46. The first-order valence-electron chi connectivity index (χ1n) is 6.46. The number of hydrogen-bond donors (Lipinski definition) is 1. The van der Waals surface area contributed by atoms with Crippen LogP contribution in [0.5, 0.6) is 0 Å². The van der Waals surface area contributed by atoms with Crippen molar-refractivity contribution in [1.82, 2.24) is 9.55 Å². The van der Waals surface area contributed by atoms with E-state index in [4.69, 9.17) is 0 Å². The number of nitrogens with zero attached hydrogens (tertiary/aromatic N) is 3. The molecule has 1 aliphatic rings. The molecule has 18 heavy (non-hydrogen) atoms. The van der Waals surface area contributed by atoms with Crippen LogP contribution in [0.2, 0.25) is 0 Å². The third-order valence-corrected chi connectivity index (χ3v) is 4.16. The summed E-state index contributed by atoms with van der Waals surface area (Å²) in [6.45, 7) is 4.43. The highest BCUT2D eigenvalue weighted by atomic mass is 16.6. The van der Waals surface area contributed by atoms with Gasteiger partial charge in [-0.25, -0.2) is 0 Å². The third kappa shape index (κ3) is 2.19. The molecule has 6 nitrogen and oxygen atoms in total. The second-order valence-electron chi connectivity index (χ2n) is 5.14. The molecule has 1 aromatic rings. The quantitative estimate of drug-likeness (QED) is 0.660. The lowest BCUT2D eigenvalue weighted by molar-refractivity contribution is -0.388. The summed E-state index contributed by atoms with van der Waals surface area (Å²) in [4.78, 5) is 14.3. The van der Waals surface area contributed by atoms with Gasteiger partial charge in [0.15, 0.2) is 0 Å². The van der Waals surface area contributed by atoms with Crippen LogP contribution in [0.15, 0.2) is 6.33 Å². The van der Waals surface area contributed by atoms with E-state index in [0.29, 0.717) is 17.8 Å². The molecule has 1 N–H and O–H groups in total. The van der Waals surface area contributed by atoms with E-state index in [-0.39, 0.29) is 5.82 Å². The topological polar surface area (TPSA) is 73.0 Å². The normalized spacial score (nSPS) is 27.4. The Morgan fingerprint density at radius 3 is 2.89 bits per heavy atom. The van der Waals surface area contributed by atoms with E-state index < -0.39 is 4.92 Å². The molecule has 0 saturated heterocycles. The molecule has 2 rings (SSSR count). The van der Waals surface area contributed by atoms with Gasteiger partial charge in [0.25, 0.3) is 0 Å².